The molecule has 0 spiro atoms. The second kappa shape index (κ2) is 5.51. The number of nitro groups is 1. The summed E-state index contributed by atoms with van der Waals surface area (Å²) in [6.07, 6.45) is -0.138. The third kappa shape index (κ3) is 2.86. The maximum atomic E-state index is 10.8. The van der Waals surface area contributed by atoms with E-state index >= 15 is 0 Å². The molecular formula is C10H18N4O3. The number of H-pyrrole nitrogens is 1. The van der Waals surface area contributed by atoms with Gasteiger partial charge in [0.15, 0.2) is 5.82 Å². The summed E-state index contributed by atoms with van der Waals surface area (Å²) in [5, 5.41) is 17.2. The van der Waals surface area contributed by atoms with E-state index < -0.39 is 4.92 Å². The summed E-state index contributed by atoms with van der Waals surface area (Å²) >= 11 is 0. The second-order valence-electron chi connectivity index (χ2n) is 3.82. The zero-order valence-corrected chi connectivity index (χ0v) is 10.6. The van der Waals surface area contributed by atoms with Crippen LogP contribution in [0.15, 0.2) is 0 Å². The third-order valence-corrected chi connectivity index (χ3v) is 2.29. The molecule has 0 fully saturated rings. The molecule has 0 bridgehead atoms. The van der Waals surface area contributed by atoms with Gasteiger partial charge in [-0.05, 0) is 32.6 Å². The minimum absolute atomic E-state index is 0.138. The molecule has 7 nitrogen and oxygen atoms in total. The molecule has 0 aromatic carbocycles. The Balaban J connectivity index is 3.16. The van der Waals surface area contributed by atoms with Crippen molar-refractivity contribution in [3.8, 4) is 5.75 Å². The number of hydrogen-bond donors (Lipinski definition) is 1. The van der Waals surface area contributed by atoms with Crippen LogP contribution in [0.3, 0.4) is 0 Å². The molecule has 7 heteroatoms. The van der Waals surface area contributed by atoms with E-state index in [1.807, 2.05) is 32.6 Å². The van der Waals surface area contributed by atoms with E-state index in [2.05, 4.69) is 10.2 Å². The van der Waals surface area contributed by atoms with Gasteiger partial charge in [0.05, 0.1) is 11.2 Å². The molecule has 0 atom stereocenters. The molecule has 1 rings (SSSR count). The number of hydrogen-bond acceptors (Lipinski definition) is 5. The van der Waals surface area contributed by atoms with E-state index in [4.69, 9.17) is 4.74 Å². The molecule has 0 saturated carbocycles. The van der Waals surface area contributed by atoms with E-state index in [0.29, 0.717) is 5.82 Å². The predicted octanol–water partition coefficient (Wildman–Crippen LogP) is 1.95. The molecule has 1 aromatic heterocycles. The SMILES string of the molecule is CCN(CC)c1[nH]nc([N+](=O)[O-])c1OC(C)C. The van der Waals surface area contributed by atoms with Crippen molar-refractivity contribution in [1.29, 1.82) is 0 Å². The van der Waals surface area contributed by atoms with Crippen molar-refractivity contribution >= 4 is 11.6 Å². The molecule has 1 heterocycles. The van der Waals surface area contributed by atoms with Crippen LogP contribution in [0, 0.1) is 10.1 Å². The molecular weight excluding hydrogens is 224 g/mol. The Morgan fingerprint density at radius 2 is 2.06 bits per heavy atom. The Morgan fingerprint density at radius 1 is 1.47 bits per heavy atom. The molecule has 1 aromatic rings. The van der Waals surface area contributed by atoms with Gasteiger partial charge in [0.1, 0.15) is 0 Å². The number of anilines is 1. The van der Waals surface area contributed by atoms with Gasteiger partial charge in [-0.25, -0.2) is 0 Å². The average Bonchev–Trinajstić information content (AvgIpc) is 2.63. The topological polar surface area (TPSA) is 84.3 Å². The van der Waals surface area contributed by atoms with Crippen LogP contribution in [-0.2, 0) is 0 Å². The first-order valence-electron chi connectivity index (χ1n) is 5.65. The van der Waals surface area contributed by atoms with Gasteiger partial charge in [-0.15, -0.1) is 0 Å². The highest BCUT2D eigenvalue weighted by Crippen LogP contribution is 2.35. The lowest BCUT2D eigenvalue weighted by Crippen LogP contribution is -2.23. The van der Waals surface area contributed by atoms with Crippen LogP contribution in [0.1, 0.15) is 27.7 Å². The lowest BCUT2D eigenvalue weighted by Gasteiger charge is -2.19. The summed E-state index contributed by atoms with van der Waals surface area (Å²) in [6, 6.07) is 0. The normalized spacial score (nSPS) is 10.6. The van der Waals surface area contributed by atoms with Crippen molar-refractivity contribution in [2.75, 3.05) is 18.0 Å². The summed E-state index contributed by atoms with van der Waals surface area (Å²) in [4.78, 5) is 12.2. The van der Waals surface area contributed by atoms with Crippen LogP contribution in [0.4, 0.5) is 11.6 Å². The molecule has 17 heavy (non-hydrogen) atoms. The molecule has 0 saturated heterocycles. The number of aromatic amines is 1. The lowest BCUT2D eigenvalue weighted by atomic mass is 10.4. The summed E-state index contributed by atoms with van der Waals surface area (Å²) in [6.45, 7) is 9.03. The number of nitrogens with one attached hydrogen (secondary N) is 1. The zero-order chi connectivity index (χ0) is 13.0. The molecule has 0 aliphatic rings. The van der Waals surface area contributed by atoms with Gasteiger partial charge in [0, 0.05) is 13.1 Å². The van der Waals surface area contributed by atoms with Gasteiger partial charge < -0.3 is 19.8 Å². The van der Waals surface area contributed by atoms with Crippen LogP contribution >= 0.6 is 0 Å². The summed E-state index contributed by atoms with van der Waals surface area (Å²) in [7, 11) is 0. The van der Waals surface area contributed by atoms with E-state index in [9.17, 15) is 10.1 Å². The van der Waals surface area contributed by atoms with Crippen LogP contribution in [0.2, 0.25) is 0 Å². The van der Waals surface area contributed by atoms with Gasteiger partial charge >= 0.3 is 5.82 Å². The van der Waals surface area contributed by atoms with Crippen molar-refractivity contribution in [1.82, 2.24) is 10.2 Å². The van der Waals surface area contributed by atoms with Gasteiger partial charge in [-0.1, -0.05) is 0 Å². The quantitative estimate of drug-likeness (QED) is 0.608. The first-order valence-corrected chi connectivity index (χ1v) is 5.65. The van der Waals surface area contributed by atoms with Gasteiger partial charge in [-0.3, -0.25) is 0 Å². The highest BCUT2D eigenvalue weighted by Gasteiger charge is 2.28. The standard InChI is InChI=1S/C10H18N4O3/c1-5-13(6-2)9-8(17-7(3)4)10(12-11-9)14(15)16/h7H,5-6H2,1-4H3,(H,11,12). The van der Waals surface area contributed by atoms with Crippen LogP contribution in [-0.4, -0.2) is 34.3 Å². The van der Waals surface area contributed by atoms with E-state index in [1.165, 1.54) is 0 Å². The van der Waals surface area contributed by atoms with Crippen molar-refractivity contribution in [3.05, 3.63) is 10.1 Å². The Bertz CT molecular complexity index is 385. The monoisotopic (exact) mass is 242 g/mol. The molecule has 0 radical (unpaired) electrons. The number of aromatic nitrogens is 2. The minimum atomic E-state index is -0.540. The maximum absolute atomic E-state index is 10.8. The summed E-state index contributed by atoms with van der Waals surface area (Å²) in [5.41, 5.74) is 0. The smallest absolute Gasteiger partial charge is 0.434 e. The van der Waals surface area contributed by atoms with E-state index in [-0.39, 0.29) is 17.7 Å². The van der Waals surface area contributed by atoms with E-state index in [1.54, 1.807) is 0 Å². The highest BCUT2D eigenvalue weighted by molar-refractivity contribution is 5.60. The van der Waals surface area contributed by atoms with Crippen molar-refractivity contribution in [3.63, 3.8) is 0 Å². The minimum Gasteiger partial charge on any atom is -0.480 e. The Kier molecular flexibility index (Phi) is 4.30. The second-order valence-corrected chi connectivity index (χ2v) is 3.82. The molecule has 0 aliphatic heterocycles. The van der Waals surface area contributed by atoms with E-state index in [0.717, 1.165) is 13.1 Å². The number of ether oxygens (including phenoxy) is 1. The first kappa shape index (κ1) is 13.3. The summed E-state index contributed by atoms with van der Waals surface area (Å²) < 4.78 is 5.49. The molecule has 0 amide bonds. The summed E-state index contributed by atoms with van der Waals surface area (Å²) in [5.74, 6) is 0.518. The largest absolute Gasteiger partial charge is 0.480 e. The van der Waals surface area contributed by atoms with Gasteiger partial charge in [0.25, 0.3) is 5.75 Å². The predicted molar refractivity (Wildman–Crippen MR) is 64.6 cm³/mol. The van der Waals surface area contributed by atoms with Crippen LogP contribution < -0.4 is 9.64 Å². The maximum Gasteiger partial charge on any atom is 0.434 e. The van der Waals surface area contributed by atoms with Crippen molar-refractivity contribution in [2.24, 2.45) is 0 Å². The average molecular weight is 242 g/mol. The zero-order valence-electron chi connectivity index (χ0n) is 10.6. The lowest BCUT2D eigenvalue weighted by molar-refractivity contribution is -0.390. The third-order valence-electron chi connectivity index (χ3n) is 2.29. The van der Waals surface area contributed by atoms with Gasteiger partial charge in [-0.2, -0.15) is 5.10 Å². The number of rotatable bonds is 6. The molecule has 0 unspecified atom stereocenters. The first-order chi connectivity index (χ1) is 8.01. The van der Waals surface area contributed by atoms with Gasteiger partial charge in [0.2, 0.25) is 0 Å². The molecule has 1 N–H and O–H groups in total. The highest BCUT2D eigenvalue weighted by atomic mass is 16.6. The molecule has 96 valence electrons. The van der Waals surface area contributed by atoms with Crippen molar-refractivity contribution < 1.29 is 9.66 Å². The fraction of sp³-hybridized carbons (Fsp3) is 0.700. The Labute approximate surface area is 99.9 Å². The fourth-order valence-corrected chi connectivity index (χ4v) is 1.54. The number of nitrogens with zero attached hydrogens (tertiary/aromatic N) is 3. The fourth-order valence-electron chi connectivity index (χ4n) is 1.54. The van der Waals surface area contributed by atoms with Crippen LogP contribution in [0.5, 0.6) is 5.75 Å². The Hall–Kier alpha value is -1.79. The van der Waals surface area contributed by atoms with Crippen LogP contribution in [0.25, 0.3) is 0 Å². The Morgan fingerprint density at radius 3 is 2.47 bits per heavy atom. The molecule has 0 aliphatic carbocycles. The van der Waals surface area contributed by atoms with Crippen molar-refractivity contribution in [2.45, 2.75) is 33.8 Å².